The standard InChI is InChI=1S/C17H14N4O4/c1-11(22)12-6-2-3-7-13(12)19-15(23)10-21-16(20-25-17(21)24)14-8-4-5-9-18-14/h2-9H,10H2,1H3,(H,19,23). The van der Waals surface area contributed by atoms with Crippen molar-refractivity contribution in [2.24, 2.45) is 0 Å². The number of pyridine rings is 1. The van der Waals surface area contributed by atoms with E-state index in [9.17, 15) is 14.4 Å². The number of nitrogens with one attached hydrogen (secondary N) is 1. The zero-order valence-electron chi connectivity index (χ0n) is 13.3. The molecule has 3 rings (SSSR count). The molecular formula is C17H14N4O4. The van der Waals surface area contributed by atoms with Crippen molar-refractivity contribution in [3.05, 3.63) is 64.8 Å². The van der Waals surface area contributed by atoms with Crippen LogP contribution in [0.5, 0.6) is 0 Å². The molecule has 0 fully saturated rings. The Balaban J connectivity index is 1.85. The Hall–Kier alpha value is -3.55. The van der Waals surface area contributed by atoms with Gasteiger partial charge in [-0.2, -0.15) is 0 Å². The van der Waals surface area contributed by atoms with Crippen molar-refractivity contribution < 1.29 is 14.1 Å². The molecule has 8 nitrogen and oxygen atoms in total. The molecular weight excluding hydrogens is 324 g/mol. The zero-order valence-corrected chi connectivity index (χ0v) is 13.3. The van der Waals surface area contributed by atoms with Gasteiger partial charge in [0.15, 0.2) is 5.78 Å². The lowest BCUT2D eigenvalue weighted by Gasteiger charge is -2.09. The number of anilines is 1. The summed E-state index contributed by atoms with van der Waals surface area (Å²) in [6.07, 6.45) is 1.54. The van der Waals surface area contributed by atoms with Crippen LogP contribution in [-0.2, 0) is 11.3 Å². The van der Waals surface area contributed by atoms with Crippen LogP contribution in [0.3, 0.4) is 0 Å². The van der Waals surface area contributed by atoms with Crippen LogP contribution in [0, 0.1) is 0 Å². The van der Waals surface area contributed by atoms with E-state index in [1.165, 1.54) is 6.92 Å². The quantitative estimate of drug-likeness (QED) is 0.710. The molecule has 0 unspecified atom stereocenters. The van der Waals surface area contributed by atoms with Crippen LogP contribution in [0.25, 0.3) is 11.5 Å². The van der Waals surface area contributed by atoms with E-state index in [0.29, 0.717) is 16.9 Å². The third-order valence-electron chi connectivity index (χ3n) is 3.46. The lowest BCUT2D eigenvalue weighted by Crippen LogP contribution is -2.26. The summed E-state index contributed by atoms with van der Waals surface area (Å²) in [6.45, 7) is 1.09. The summed E-state index contributed by atoms with van der Waals surface area (Å²) in [6, 6.07) is 11.7. The van der Waals surface area contributed by atoms with Crippen LogP contribution in [0.2, 0.25) is 0 Å². The molecule has 0 atom stereocenters. The van der Waals surface area contributed by atoms with E-state index in [2.05, 4.69) is 20.0 Å². The second-order valence-corrected chi connectivity index (χ2v) is 5.22. The number of amides is 1. The van der Waals surface area contributed by atoms with Gasteiger partial charge in [0.05, 0.1) is 5.69 Å². The molecule has 2 heterocycles. The van der Waals surface area contributed by atoms with Crippen LogP contribution >= 0.6 is 0 Å². The van der Waals surface area contributed by atoms with Gasteiger partial charge in [-0.1, -0.05) is 23.4 Å². The van der Waals surface area contributed by atoms with Crippen molar-refractivity contribution in [3.63, 3.8) is 0 Å². The molecule has 0 aliphatic rings. The first-order valence-corrected chi connectivity index (χ1v) is 7.44. The first-order valence-electron chi connectivity index (χ1n) is 7.44. The smallest absolute Gasteiger partial charge is 0.324 e. The number of nitrogens with zero attached hydrogens (tertiary/aromatic N) is 3. The van der Waals surface area contributed by atoms with Gasteiger partial charge in [0.1, 0.15) is 12.2 Å². The average Bonchev–Trinajstić information content (AvgIpc) is 2.96. The van der Waals surface area contributed by atoms with Crippen molar-refractivity contribution in [1.82, 2.24) is 14.7 Å². The zero-order chi connectivity index (χ0) is 17.8. The Morgan fingerprint density at radius 1 is 1.16 bits per heavy atom. The highest BCUT2D eigenvalue weighted by molar-refractivity contribution is 6.03. The number of carbonyl (C=O) groups is 2. The van der Waals surface area contributed by atoms with Crippen LogP contribution in [0.4, 0.5) is 5.69 Å². The number of hydrogen-bond acceptors (Lipinski definition) is 6. The van der Waals surface area contributed by atoms with Crippen molar-refractivity contribution >= 4 is 17.4 Å². The summed E-state index contributed by atoms with van der Waals surface area (Å²) in [5, 5.41) is 6.30. The minimum absolute atomic E-state index is 0.153. The predicted octanol–water partition coefficient (Wildman–Crippen LogP) is 1.74. The molecule has 1 N–H and O–H groups in total. The molecule has 126 valence electrons. The fourth-order valence-electron chi connectivity index (χ4n) is 2.32. The SMILES string of the molecule is CC(=O)c1ccccc1NC(=O)Cn1c(-c2ccccn2)noc1=O. The Kier molecular flexibility index (Phi) is 4.51. The summed E-state index contributed by atoms with van der Waals surface area (Å²) in [5.41, 5.74) is 1.17. The molecule has 25 heavy (non-hydrogen) atoms. The maximum Gasteiger partial charge on any atom is 0.442 e. The van der Waals surface area contributed by atoms with E-state index in [0.717, 1.165) is 4.57 Å². The van der Waals surface area contributed by atoms with Gasteiger partial charge >= 0.3 is 5.76 Å². The topological polar surface area (TPSA) is 107 Å². The fourth-order valence-corrected chi connectivity index (χ4v) is 2.32. The molecule has 2 aromatic heterocycles. The number of Topliss-reactive ketones (excluding diaryl/α,β-unsaturated/α-hetero) is 1. The monoisotopic (exact) mass is 338 g/mol. The van der Waals surface area contributed by atoms with Crippen LogP contribution in [-0.4, -0.2) is 26.4 Å². The lowest BCUT2D eigenvalue weighted by atomic mass is 10.1. The highest BCUT2D eigenvalue weighted by Crippen LogP contribution is 2.16. The summed E-state index contributed by atoms with van der Waals surface area (Å²) in [5.74, 6) is -1.28. The summed E-state index contributed by atoms with van der Waals surface area (Å²) < 4.78 is 5.72. The van der Waals surface area contributed by atoms with Crippen molar-refractivity contribution in [2.45, 2.75) is 13.5 Å². The van der Waals surface area contributed by atoms with Crippen molar-refractivity contribution in [1.29, 1.82) is 0 Å². The van der Waals surface area contributed by atoms with Crippen LogP contribution in [0.1, 0.15) is 17.3 Å². The minimum Gasteiger partial charge on any atom is -0.324 e. The second kappa shape index (κ2) is 6.91. The molecule has 0 saturated carbocycles. The van der Waals surface area contributed by atoms with Crippen molar-refractivity contribution in [3.8, 4) is 11.5 Å². The summed E-state index contributed by atoms with van der Waals surface area (Å²) in [4.78, 5) is 39.9. The number of para-hydroxylation sites is 1. The maximum absolute atomic E-state index is 12.3. The Bertz CT molecular complexity index is 976. The van der Waals surface area contributed by atoms with E-state index in [-0.39, 0.29) is 18.2 Å². The number of carbonyl (C=O) groups excluding carboxylic acids is 2. The van der Waals surface area contributed by atoms with E-state index in [1.807, 2.05) is 0 Å². The molecule has 3 aromatic rings. The van der Waals surface area contributed by atoms with Gasteiger partial charge < -0.3 is 5.32 Å². The molecule has 0 aliphatic carbocycles. The highest BCUT2D eigenvalue weighted by atomic mass is 16.5. The molecule has 0 spiro atoms. The molecule has 0 radical (unpaired) electrons. The van der Waals surface area contributed by atoms with Crippen LogP contribution < -0.4 is 11.1 Å². The Morgan fingerprint density at radius 2 is 1.92 bits per heavy atom. The number of aromatic nitrogens is 3. The van der Waals surface area contributed by atoms with Crippen molar-refractivity contribution in [2.75, 3.05) is 5.32 Å². The Morgan fingerprint density at radius 3 is 2.64 bits per heavy atom. The average molecular weight is 338 g/mol. The van der Waals surface area contributed by atoms with E-state index >= 15 is 0 Å². The van der Waals surface area contributed by atoms with Gasteiger partial charge in [-0.05, 0) is 31.2 Å². The van der Waals surface area contributed by atoms with Gasteiger partial charge in [0.2, 0.25) is 11.7 Å². The molecule has 8 heteroatoms. The minimum atomic E-state index is -0.768. The molecule has 0 aliphatic heterocycles. The highest BCUT2D eigenvalue weighted by Gasteiger charge is 2.17. The first-order chi connectivity index (χ1) is 12.1. The third-order valence-corrected chi connectivity index (χ3v) is 3.46. The molecule has 0 bridgehead atoms. The normalized spacial score (nSPS) is 10.4. The van der Waals surface area contributed by atoms with Gasteiger partial charge in [0.25, 0.3) is 0 Å². The lowest BCUT2D eigenvalue weighted by molar-refractivity contribution is -0.116. The van der Waals surface area contributed by atoms with Gasteiger partial charge in [0, 0.05) is 11.8 Å². The number of ketones is 1. The largest absolute Gasteiger partial charge is 0.442 e. The van der Waals surface area contributed by atoms with Gasteiger partial charge in [-0.3, -0.25) is 19.1 Å². The maximum atomic E-state index is 12.3. The molecule has 0 saturated heterocycles. The number of hydrogen-bond donors (Lipinski definition) is 1. The fraction of sp³-hybridized carbons (Fsp3) is 0.118. The summed E-state index contributed by atoms with van der Waals surface area (Å²) >= 11 is 0. The number of benzene rings is 1. The summed E-state index contributed by atoms with van der Waals surface area (Å²) in [7, 11) is 0. The first kappa shape index (κ1) is 16.3. The number of rotatable bonds is 5. The van der Waals surface area contributed by atoms with Crippen LogP contribution in [0.15, 0.2) is 58.0 Å². The molecule has 1 aromatic carbocycles. The van der Waals surface area contributed by atoms with E-state index < -0.39 is 11.7 Å². The third kappa shape index (κ3) is 3.52. The van der Waals surface area contributed by atoms with Gasteiger partial charge in [-0.25, -0.2) is 9.36 Å². The van der Waals surface area contributed by atoms with Gasteiger partial charge in [-0.15, -0.1) is 0 Å². The van der Waals surface area contributed by atoms with E-state index in [1.54, 1.807) is 48.7 Å². The second-order valence-electron chi connectivity index (χ2n) is 5.22. The van der Waals surface area contributed by atoms with E-state index in [4.69, 9.17) is 0 Å². The Labute approximate surface area is 142 Å². The predicted molar refractivity (Wildman–Crippen MR) is 89.1 cm³/mol. The molecule has 1 amide bonds.